The molecule has 1 fully saturated rings. The van der Waals surface area contributed by atoms with Gasteiger partial charge in [0.2, 0.25) is 11.8 Å². The first-order chi connectivity index (χ1) is 14.6. The first-order valence-electron chi connectivity index (χ1n) is 9.40. The quantitative estimate of drug-likeness (QED) is 0.628. The number of carbonyl (C=O) groups is 1. The molecule has 0 unspecified atom stereocenters. The number of likely N-dealkylation sites (tertiary alicyclic amines) is 1. The van der Waals surface area contributed by atoms with Crippen molar-refractivity contribution in [1.82, 2.24) is 24.3 Å². The van der Waals surface area contributed by atoms with Crippen molar-refractivity contribution in [2.45, 2.75) is 31.5 Å². The maximum atomic E-state index is 13.4. The molecule has 0 spiro atoms. The van der Waals surface area contributed by atoms with Crippen molar-refractivity contribution in [2.75, 3.05) is 18.4 Å². The molecule has 1 aliphatic rings. The van der Waals surface area contributed by atoms with E-state index in [1.165, 1.54) is 4.40 Å². The predicted molar refractivity (Wildman–Crippen MR) is 99.6 cm³/mol. The van der Waals surface area contributed by atoms with Crippen LogP contribution < -0.4 is 5.32 Å². The van der Waals surface area contributed by atoms with Gasteiger partial charge >= 0.3 is 6.18 Å². The maximum absolute atomic E-state index is 13.4. The van der Waals surface area contributed by atoms with Gasteiger partial charge in [-0.2, -0.15) is 13.2 Å². The molecule has 0 saturated carbocycles. The minimum Gasteiger partial charge on any atom is -0.297 e. The van der Waals surface area contributed by atoms with Crippen LogP contribution in [-0.2, 0) is 12.7 Å². The minimum atomic E-state index is -4.68. The van der Waals surface area contributed by atoms with E-state index in [0.29, 0.717) is 17.3 Å². The van der Waals surface area contributed by atoms with Crippen LogP contribution in [0.1, 0.15) is 34.8 Å². The summed E-state index contributed by atoms with van der Waals surface area (Å²) < 4.78 is 66.8. The van der Waals surface area contributed by atoms with Gasteiger partial charge < -0.3 is 0 Å². The number of carbonyl (C=O) groups excluding carboxylic acids is 1. The van der Waals surface area contributed by atoms with E-state index in [4.69, 9.17) is 0 Å². The van der Waals surface area contributed by atoms with Gasteiger partial charge in [0, 0.05) is 44.9 Å². The third-order valence-electron chi connectivity index (χ3n) is 4.96. The fourth-order valence-corrected chi connectivity index (χ4v) is 3.36. The number of rotatable bonds is 4. The van der Waals surface area contributed by atoms with E-state index >= 15 is 0 Å². The van der Waals surface area contributed by atoms with Crippen molar-refractivity contribution < 1.29 is 26.7 Å². The number of nitrogens with zero attached hydrogens (tertiary/aromatic N) is 5. The minimum absolute atomic E-state index is 0.0750. The number of alkyl halides is 5. The molecule has 0 radical (unpaired) electrons. The zero-order valence-electron chi connectivity index (χ0n) is 16.0. The van der Waals surface area contributed by atoms with Crippen LogP contribution in [0.15, 0.2) is 36.7 Å². The summed E-state index contributed by atoms with van der Waals surface area (Å²) in [5, 5.41) is 2.23. The Labute approximate surface area is 172 Å². The zero-order chi connectivity index (χ0) is 22.2. The predicted octanol–water partition coefficient (Wildman–Crippen LogP) is 3.63. The number of piperidine rings is 1. The first kappa shape index (κ1) is 21.1. The number of anilines is 1. The summed E-state index contributed by atoms with van der Waals surface area (Å²) in [6.07, 6.45) is -2.70. The zero-order valence-corrected chi connectivity index (χ0v) is 16.0. The maximum Gasteiger partial charge on any atom is 0.433 e. The van der Waals surface area contributed by atoms with Gasteiger partial charge in [0.25, 0.3) is 11.8 Å². The molecule has 0 aromatic carbocycles. The Hall–Kier alpha value is -3.15. The molecule has 3 aromatic rings. The molecule has 31 heavy (non-hydrogen) atoms. The van der Waals surface area contributed by atoms with Gasteiger partial charge in [0.05, 0.1) is 11.2 Å². The Morgan fingerprint density at radius 2 is 1.87 bits per heavy atom. The average Bonchev–Trinajstić information content (AvgIpc) is 3.08. The SMILES string of the molecule is O=C(Nc1nccc(C(F)(F)F)n1)c1nc(CN2CCC(F)(F)CC2)c2ccccn12. The molecule has 1 N–H and O–H groups in total. The largest absolute Gasteiger partial charge is 0.433 e. The summed E-state index contributed by atoms with van der Waals surface area (Å²) in [5.74, 6) is -4.05. The number of nitrogens with one attached hydrogen (secondary N) is 1. The molecule has 4 heterocycles. The second-order valence-electron chi connectivity index (χ2n) is 7.19. The summed E-state index contributed by atoms with van der Waals surface area (Å²) >= 11 is 0. The monoisotopic (exact) mass is 440 g/mol. The van der Waals surface area contributed by atoms with E-state index < -0.39 is 29.6 Å². The fraction of sp³-hybridized carbons (Fsp3) is 0.368. The van der Waals surface area contributed by atoms with Gasteiger partial charge in [0.15, 0.2) is 0 Å². The number of hydrogen-bond donors (Lipinski definition) is 1. The number of pyridine rings is 1. The van der Waals surface area contributed by atoms with Gasteiger partial charge in [-0.3, -0.25) is 19.4 Å². The molecular formula is C19H17F5N6O. The molecule has 1 saturated heterocycles. The van der Waals surface area contributed by atoms with Gasteiger partial charge in [-0.05, 0) is 18.2 Å². The Kier molecular flexibility index (Phi) is 5.33. The summed E-state index contributed by atoms with van der Waals surface area (Å²) in [4.78, 5) is 25.8. The second-order valence-corrected chi connectivity index (χ2v) is 7.19. The second kappa shape index (κ2) is 7.84. The topological polar surface area (TPSA) is 75.4 Å². The van der Waals surface area contributed by atoms with E-state index in [0.717, 1.165) is 6.20 Å². The van der Waals surface area contributed by atoms with Gasteiger partial charge in [-0.15, -0.1) is 0 Å². The van der Waals surface area contributed by atoms with Crippen LogP contribution in [0.5, 0.6) is 0 Å². The number of aromatic nitrogens is 4. The lowest BCUT2D eigenvalue weighted by Crippen LogP contribution is -2.38. The van der Waals surface area contributed by atoms with E-state index in [9.17, 15) is 26.7 Å². The molecule has 1 aliphatic heterocycles. The van der Waals surface area contributed by atoms with E-state index in [1.807, 2.05) is 4.90 Å². The highest BCUT2D eigenvalue weighted by Crippen LogP contribution is 2.29. The third kappa shape index (κ3) is 4.63. The molecule has 1 amide bonds. The summed E-state index contributed by atoms with van der Waals surface area (Å²) in [6.45, 7) is 0.647. The highest BCUT2D eigenvalue weighted by molar-refractivity contribution is 6.01. The molecule has 3 aromatic heterocycles. The number of amides is 1. The van der Waals surface area contributed by atoms with E-state index in [2.05, 4.69) is 20.3 Å². The summed E-state index contributed by atoms with van der Waals surface area (Å²) in [6, 6.07) is 5.82. The Morgan fingerprint density at radius 3 is 2.58 bits per heavy atom. The Morgan fingerprint density at radius 1 is 1.13 bits per heavy atom. The normalized spacial score (nSPS) is 17.1. The van der Waals surface area contributed by atoms with Crippen molar-refractivity contribution in [3.05, 3.63) is 53.9 Å². The van der Waals surface area contributed by atoms with Crippen LogP contribution in [0, 0.1) is 0 Å². The van der Waals surface area contributed by atoms with Crippen LogP contribution in [0.4, 0.5) is 27.9 Å². The highest BCUT2D eigenvalue weighted by atomic mass is 19.4. The Bertz CT molecular complexity index is 1100. The van der Waals surface area contributed by atoms with Crippen molar-refractivity contribution in [3.63, 3.8) is 0 Å². The van der Waals surface area contributed by atoms with Crippen LogP contribution in [0.25, 0.3) is 5.52 Å². The molecule has 0 atom stereocenters. The highest BCUT2D eigenvalue weighted by Gasteiger charge is 2.35. The molecule has 12 heteroatoms. The van der Waals surface area contributed by atoms with Crippen LogP contribution in [-0.4, -0.2) is 49.2 Å². The van der Waals surface area contributed by atoms with Crippen LogP contribution >= 0.6 is 0 Å². The van der Waals surface area contributed by atoms with Crippen molar-refractivity contribution in [2.24, 2.45) is 0 Å². The molecule has 0 bridgehead atoms. The van der Waals surface area contributed by atoms with Crippen molar-refractivity contribution >= 4 is 17.4 Å². The molecule has 164 valence electrons. The lowest BCUT2D eigenvalue weighted by molar-refractivity contribution is -0.141. The molecule has 0 aliphatic carbocycles. The van der Waals surface area contributed by atoms with Crippen LogP contribution in [0.3, 0.4) is 0 Å². The Balaban J connectivity index is 1.58. The first-order valence-corrected chi connectivity index (χ1v) is 9.40. The third-order valence-corrected chi connectivity index (χ3v) is 4.96. The van der Waals surface area contributed by atoms with Crippen molar-refractivity contribution in [1.29, 1.82) is 0 Å². The average molecular weight is 440 g/mol. The number of imidazole rings is 1. The van der Waals surface area contributed by atoms with E-state index in [-0.39, 0.29) is 38.3 Å². The van der Waals surface area contributed by atoms with Gasteiger partial charge in [-0.25, -0.2) is 23.7 Å². The fourth-order valence-electron chi connectivity index (χ4n) is 3.36. The van der Waals surface area contributed by atoms with Gasteiger partial charge in [-0.1, -0.05) is 6.07 Å². The van der Waals surface area contributed by atoms with Crippen LogP contribution in [0.2, 0.25) is 0 Å². The number of fused-ring (bicyclic) bond motifs is 1. The van der Waals surface area contributed by atoms with E-state index in [1.54, 1.807) is 24.4 Å². The smallest absolute Gasteiger partial charge is 0.297 e. The van der Waals surface area contributed by atoms with Crippen molar-refractivity contribution in [3.8, 4) is 0 Å². The molecule has 4 rings (SSSR count). The summed E-state index contributed by atoms with van der Waals surface area (Å²) in [7, 11) is 0. The van der Waals surface area contributed by atoms with Gasteiger partial charge in [0.1, 0.15) is 5.69 Å². The number of hydrogen-bond acceptors (Lipinski definition) is 5. The molecular weight excluding hydrogens is 423 g/mol. The summed E-state index contributed by atoms with van der Waals surface area (Å²) in [5.41, 5.74) is -0.0933. The standard InChI is InChI=1S/C19H17F5N6O/c20-18(21)5-9-29(10-6-18)11-12-13-3-1-2-8-30(13)15(26-12)16(31)28-17-25-7-4-14(27-17)19(22,23)24/h1-4,7-8H,5-6,9-11H2,(H,25,27,28,31). The lowest BCUT2D eigenvalue weighted by Gasteiger charge is -2.31. The number of halogens is 5. The lowest BCUT2D eigenvalue weighted by atomic mass is 10.1. The molecule has 7 nitrogen and oxygen atoms in total.